The van der Waals surface area contributed by atoms with Crippen LogP contribution in [0.5, 0.6) is 5.75 Å². The lowest BCUT2D eigenvalue weighted by Gasteiger charge is -2.08. The van der Waals surface area contributed by atoms with E-state index in [2.05, 4.69) is 31.1 Å². The van der Waals surface area contributed by atoms with Crippen LogP contribution in [0.3, 0.4) is 0 Å². The molecule has 0 aliphatic carbocycles. The first-order valence-electron chi connectivity index (χ1n) is 9.64. The molecule has 0 aliphatic heterocycles. The lowest BCUT2D eigenvalue weighted by molar-refractivity contribution is -0.136. The fourth-order valence-electron chi connectivity index (χ4n) is 3.26. The number of methoxy groups -OCH3 is 1. The van der Waals surface area contributed by atoms with Crippen LogP contribution in [0.25, 0.3) is 16.6 Å². The van der Waals surface area contributed by atoms with Gasteiger partial charge in [-0.2, -0.15) is 4.68 Å². The molecule has 2 aromatic heterocycles. The van der Waals surface area contributed by atoms with Gasteiger partial charge in [0.25, 0.3) is 0 Å². The van der Waals surface area contributed by atoms with Crippen molar-refractivity contribution in [2.75, 3.05) is 19.0 Å². The number of hydrogen-bond donors (Lipinski definition) is 3. The predicted molar refractivity (Wildman–Crippen MR) is 114 cm³/mol. The number of carbonyl (C=O) groups is 2. The van der Waals surface area contributed by atoms with E-state index in [1.54, 1.807) is 38.3 Å². The lowest BCUT2D eigenvalue weighted by atomic mass is 10.1. The van der Waals surface area contributed by atoms with Gasteiger partial charge in [-0.15, -0.1) is 5.10 Å². The van der Waals surface area contributed by atoms with E-state index >= 15 is 0 Å². The summed E-state index contributed by atoms with van der Waals surface area (Å²) in [7, 11) is 1.62. The molecule has 158 valence electrons. The van der Waals surface area contributed by atoms with Crippen LogP contribution in [-0.2, 0) is 16.0 Å². The number of aromatic nitrogens is 5. The monoisotopic (exact) mass is 419 g/mol. The second-order valence-corrected chi connectivity index (χ2v) is 6.87. The number of aryl methyl sites for hydroxylation is 1. The van der Waals surface area contributed by atoms with Crippen molar-refractivity contribution in [3.05, 3.63) is 60.0 Å². The minimum absolute atomic E-state index is 0.320. The Morgan fingerprint density at radius 3 is 2.81 bits per heavy atom. The number of hydrogen-bond acceptors (Lipinski definition) is 6. The van der Waals surface area contributed by atoms with E-state index in [1.165, 1.54) is 4.68 Å². The Kier molecular flexibility index (Phi) is 5.61. The number of aromatic amines is 1. The van der Waals surface area contributed by atoms with Crippen LogP contribution in [0.1, 0.15) is 11.4 Å². The number of nitrogens with zero attached hydrogens (tertiary/aromatic N) is 4. The molecular weight excluding hydrogens is 398 g/mol. The minimum atomic E-state index is -0.744. The number of nitrogens with one attached hydrogen (secondary N) is 3. The van der Waals surface area contributed by atoms with E-state index in [-0.39, 0.29) is 0 Å². The molecule has 10 heteroatoms. The van der Waals surface area contributed by atoms with E-state index in [0.717, 1.165) is 22.2 Å². The average molecular weight is 419 g/mol. The smallest absolute Gasteiger partial charge is 0.313 e. The molecule has 4 rings (SSSR count). The number of tetrazole rings is 1. The highest BCUT2D eigenvalue weighted by Gasteiger charge is 2.14. The van der Waals surface area contributed by atoms with Crippen LogP contribution in [0, 0.1) is 6.92 Å². The van der Waals surface area contributed by atoms with Crippen molar-refractivity contribution in [1.82, 2.24) is 30.5 Å². The Labute approximate surface area is 177 Å². The maximum atomic E-state index is 12.3. The van der Waals surface area contributed by atoms with E-state index in [4.69, 9.17) is 4.74 Å². The second kappa shape index (κ2) is 8.66. The molecule has 2 heterocycles. The predicted octanol–water partition coefficient (Wildman–Crippen LogP) is 1.76. The molecule has 0 unspecified atom stereocenters. The zero-order chi connectivity index (χ0) is 21.8. The van der Waals surface area contributed by atoms with Crippen molar-refractivity contribution < 1.29 is 14.3 Å². The Morgan fingerprint density at radius 2 is 2.03 bits per heavy atom. The normalized spacial score (nSPS) is 10.8. The fraction of sp³-hybridized carbons (Fsp3) is 0.190. The lowest BCUT2D eigenvalue weighted by Crippen LogP contribution is -2.36. The van der Waals surface area contributed by atoms with Crippen molar-refractivity contribution in [1.29, 1.82) is 0 Å². The third-order valence-electron chi connectivity index (χ3n) is 4.83. The number of anilines is 1. The molecule has 0 spiro atoms. The highest BCUT2D eigenvalue weighted by molar-refractivity contribution is 6.39. The Morgan fingerprint density at radius 1 is 1.16 bits per heavy atom. The molecule has 0 bridgehead atoms. The standard InChI is InChI=1S/C21H21N7O3/c1-13-25-26-27-28(13)16-5-3-4-15(10-16)24-21(30)20(29)22-9-8-14-12-23-19-7-6-17(31-2)11-18(14)19/h3-7,10-12,23H,8-9H2,1-2H3,(H,22,29)(H,24,30). The minimum Gasteiger partial charge on any atom is -0.497 e. The first kappa shape index (κ1) is 20.1. The molecular formula is C21H21N7O3. The van der Waals surface area contributed by atoms with Gasteiger partial charge in [-0.3, -0.25) is 9.59 Å². The molecule has 0 fully saturated rings. The molecule has 0 aliphatic rings. The van der Waals surface area contributed by atoms with Crippen LogP contribution in [-0.4, -0.2) is 50.7 Å². The second-order valence-electron chi connectivity index (χ2n) is 6.87. The summed E-state index contributed by atoms with van der Waals surface area (Å²) in [6, 6.07) is 12.7. The Bertz CT molecular complexity index is 1240. The number of amides is 2. The van der Waals surface area contributed by atoms with Gasteiger partial charge in [-0.25, -0.2) is 0 Å². The molecule has 31 heavy (non-hydrogen) atoms. The first-order valence-corrected chi connectivity index (χ1v) is 9.64. The van der Waals surface area contributed by atoms with Gasteiger partial charge in [0.2, 0.25) is 0 Å². The van der Waals surface area contributed by atoms with Crippen molar-refractivity contribution in [3.8, 4) is 11.4 Å². The molecule has 0 saturated carbocycles. The molecule has 2 amide bonds. The van der Waals surface area contributed by atoms with Gasteiger partial charge in [0.1, 0.15) is 5.75 Å². The third kappa shape index (κ3) is 4.37. The molecule has 10 nitrogen and oxygen atoms in total. The van der Waals surface area contributed by atoms with Crippen LogP contribution in [0.2, 0.25) is 0 Å². The van der Waals surface area contributed by atoms with Crippen LogP contribution < -0.4 is 15.4 Å². The van der Waals surface area contributed by atoms with Crippen molar-refractivity contribution in [3.63, 3.8) is 0 Å². The summed E-state index contributed by atoms with van der Waals surface area (Å²) in [4.78, 5) is 27.7. The van der Waals surface area contributed by atoms with Crippen molar-refractivity contribution in [2.45, 2.75) is 13.3 Å². The molecule has 0 saturated heterocycles. The highest BCUT2D eigenvalue weighted by atomic mass is 16.5. The van der Waals surface area contributed by atoms with Gasteiger partial charge in [0, 0.05) is 29.3 Å². The summed E-state index contributed by atoms with van der Waals surface area (Å²) in [6.45, 7) is 2.09. The average Bonchev–Trinajstić information content (AvgIpc) is 3.39. The zero-order valence-electron chi connectivity index (χ0n) is 17.0. The van der Waals surface area contributed by atoms with Crippen molar-refractivity contribution in [2.24, 2.45) is 0 Å². The van der Waals surface area contributed by atoms with Crippen LogP contribution in [0.15, 0.2) is 48.7 Å². The maximum Gasteiger partial charge on any atom is 0.313 e. The third-order valence-corrected chi connectivity index (χ3v) is 4.83. The van der Waals surface area contributed by atoms with Crippen LogP contribution in [0.4, 0.5) is 5.69 Å². The summed E-state index contributed by atoms with van der Waals surface area (Å²) < 4.78 is 6.80. The Hall–Kier alpha value is -4.21. The molecule has 2 aromatic carbocycles. The largest absolute Gasteiger partial charge is 0.497 e. The summed E-state index contributed by atoms with van der Waals surface area (Å²) in [5.74, 6) is -0.0837. The molecule has 3 N–H and O–H groups in total. The number of carbonyl (C=O) groups excluding carboxylic acids is 2. The summed E-state index contributed by atoms with van der Waals surface area (Å²) in [5.41, 5.74) is 3.16. The number of benzene rings is 2. The number of fused-ring (bicyclic) bond motifs is 1. The first-order chi connectivity index (χ1) is 15.0. The fourth-order valence-corrected chi connectivity index (χ4v) is 3.26. The molecule has 0 atom stereocenters. The van der Waals surface area contributed by atoms with E-state index in [9.17, 15) is 9.59 Å². The zero-order valence-corrected chi connectivity index (χ0v) is 17.0. The number of ether oxygens (including phenoxy) is 1. The molecule has 4 aromatic rings. The maximum absolute atomic E-state index is 12.3. The summed E-state index contributed by atoms with van der Waals surface area (Å²) >= 11 is 0. The van der Waals surface area contributed by atoms with Crippen LogP contribution >= 0.6 is 0 Å². The SMILES string of the molecule is COc1ccc2[nH]cc(CCNC(=O)C(=O)Nc3cccc(-n4nnnc4C)c3)c2c1. The molecule has 0 radical (unpaired) electrons. The van der Waals surface area contributed by atoms with Gasteiger partial charge in [0.05, 0.1) is 12.8 Å². The summed E-state index contributed by atoms with van der Waals surface area (Å²) in [6.07, 6.45) is 2.46. The van der Waals surface area contributed by atoms with E-state index in [1.807, 2.05) is 24.4 Å². The summed E-state index contributed by atoms with van der Waals surface area (Å²) in [5, 5.41) is 17.6. The highest BCUT2D eigenvalue weighted by Crippen LogP contribution is 2.23. The van der Waals surface area contributed by atoms with Gasteiger partial charge in [0.15, 0.2) is 5.82 Å². The van der Waals surface area contributed by atoms with E-state index in [0.29, 0.717) is 30.2 Å². The quantitative estimate of drug-likeness (QED) is 0.409. The van der Waals surface area contributed by atoms with Gasteiger partial charge >= 0.3 is 11.8 Å². The van der Waals surface area contributed by atoms with E-state index < -0.39 is 11.8 Å². The van der Waals surface area contributed by atoms with Gasteiger partial charge in [-0.1, -0.05) is 6.07 Å². The number of H-pyrrole nitrogens is 1. The van der Waals surface area contributed by atoms with Gasteiger partial charge in [-0.05, 0) is 65.7 Å². The van der Waals surface area contributed by atoms with Gasteiger partial charge < -0.3 is 20.4 Å². The Balaban J connectivity index is 1.34. The number of rotatable bonds is 6. The van der Waals surface area contributed by atoms with Crippen molar-refractivity contribution >= 4 is 28.4 Å². The topological polar surface area (TPSA) is 127 Å².